The maximum atomic E-state index is 4.13. The molecule has 0 fully saturated rings. The van der Waals surface area contributed by atoms with Gasteiger partial charge in [-0.2, -0.15) is 0 Å². The highest BCUT2D eigenvalue weighted by Gasteiger charge is 2.04. The van der Waals surface area contributed by atoms with Gasteiger partial charge in [0.25, 0.3) is 0 Å². The predicted molar refractivity (Wildman–Crippen MR) is 47.2 cm³/mol. The van der Waals surface area contributed by atoms with Crippen LogP contribution in [0.5, 0.6) is 0 Å². The number of thiazole rings is 1. The molecule has 0 unspecified atom stereocenters. The fourth-order valence-electron chi connectivity index (χ4n) is 0.704. The molecule has 6 heteroatoms. The van der Waals surface area contributed by atoms with E-state index in [1.165, 1.54) is 11.8 Å². The predicted octanol–water partition coefficient (Wildman–Crippen LogP) is 1.42. The van der Waals surface area contributed by atoms with Crippen molar-refractivity contribution in [3.05, 3.63) is 17.9 Å². The van der Waals surface area contributed by atoms with E-state index >= 15 is 0 Å². The molecule has 2 aromatic rings. The van der Waals surface area contributed by atoms with E-state index in [0.717, 1.165) is 9.50 Å². The molecule has 0 aliphatic carbocycles. The molecule has 0 aliphatic heterocycles. The van der Waals surface area contributed by atoms with Crippen molar-refractivity contribution in [2.75, 3.05) is 0 Å². The van der Waals surface area contributed by atoms with Crippen molar-refractivity contribution in [1.29, 1.82) is 0 Å². The van der Waals surface area contributed by atoms with Crippen LogP contribution in [0.2, 0.25) is 0 Å². The van der Waals surface area contributed by atoms with Crippen LogP contribution < -0.4 is 0 Å². The van der Waals surface area contributed by atoms with Crippen molar-refractivity contribution in [3.8, 4) is 0 Å². The van der Waals surface area contributed by atoms with Gasteiger partial charge in [-0.05, 0) is 11.8 Å². The Morgan fingerprint density at radius 2 is 2.50 bits per heavy atom. The Labute approximate surface area is 77.7 Å². The number of nitrogens with zero attached hydrogens (tertiary/aromatic N) is 4. The summed E-state index contributed by atoms with van der Waals surface area (Å²) in [4.78, 5) is 4.13. The van der Waals surface area contributed by atoms with E-state index in [9.17, 15) is 0 Å². The van der Waals surface area contributed by atoms with Crippen molar-refractivity contribution in [3.63, 3.8) is 0 Å². The molecule has 0 spiro atoms. The molecule has 12 heavy (non-hydrogen) atoms. The highest BCUT2D eigenvalue weighted by atomic mass is 32.2. The molecule has 0 radical (unpaired) electrons. The van der Waals surface area contributed by atoms with Gasteiger partial charge in [-0.25, -0.2) is 4.98 Å². The van der Waals surface area contributed by atoms with Crippen LogP contribution in [-0.2, 0) is 7.05 Å². The number of rotatable bonds is 2. The van der Waals surface area contributed by atoms with Gasteiger partial charge in [0, 0.05) is 18.6 Å². The van der Waals surface area contributed by atoms with Crippen LogP contribution in [0.15, 0.2) is 27.4 Å². The molecule has 0 aromatic carbocycles. The highest BCUT2D eigenvalue weighted by Crippen LogP contribution is 2.26. The smallest absolute Gasteiger partial charge is 0.197 e. The maximum Gasteiger partial charge on any atom is 0.197 e. The molecule has 0 N–H and O–H groups in total. The Hall–Kier alpha value is -0.880. The zero-order chi connectivity index (χ0) is 8.39. The Balaban J connectivity index is 2.20. The quantitative estimate of drug-likeness (QED) is 0.732. The molecule has 0 saturated carbocycles. The first kappa shape index (κ1) is 7.75. The summed E-state index contributed by atoms with van der Waals surface area (Å²) < 4.78 is 2.86. The third-order valence-electron chi connectivity index (χ3n) is 1.26. The second kappa shape index (κ2) is 3.24. The van der Waals surface area contributed by atoms with Gasteiger partial charge in [0.15, 0.2) is 9.50 Å². The molecule has 2 heterocycles. The van der Waals surface area contributed by atoms with Gasteiger partial charge >= 0.3 is 0 Å². The summed E-state index contributed by atoms with van der Waals surface area (Å²) in [5.74, 6) is 0. The minimum Gasteiger partial charge on any atom is -0.311 e. The minimum absolute atomic E-state index is 0.866. The molecule has 2 aromatic heterocycles. The fourth-order valence-corrected chi connectivity index (χ4v) is 2.20. The number of aryl methyl sites for hydroxylation is 1. The summed E-state index contributed by atoms with van der Waals surface area (Å²) >= 11 is 3.12. The fraction of sp³-hybridized carbons (Fsp3) is 0.167. The van der Waals surface area contributed by atoms with Crippen molar-refractivity contribution in [2.24, 2.45) is 7.05 Å². The third-order valence-corrected chi connectivity index (χ3v) is 3.19. The molecular weight excluding hydrogens is 192 g/mol. The van der Waals surface area contributed by atoms with Gasteiger partial charge in [-0.15, -0.1) is 21.5 Å². The highest BCUT2D eigenvalue weighted by molar-refractivity contribution is 8.00. The van der Waals surface area contributed by atoms with Gasteiger partial charge in [-0.1, -0.05) is 0 Å². The monoisotopic (exact) mass is 198 g/mol. The summed E-state index contributed by atoms with van der Waals surface area (Å²) in [5.41, 5.74) is 0. The molecule has 4 nitrogen and oxygen atoms in total. The van der Waals surface area contributed by atoms with Crippen molar-refractivity contribution in [2.45, 2.75) is 9.50 Å². The topological polar surface area (TPSA) is 43.6 Å². The lowest BCUT2D eigenvalue weighted by Crippen LogP contribution is -1.87. The number of hydrogen-bond acceptors (Lipinski definition) is 5. The van der Waals surface area contributed by atoms with Gasteiger partial charge in [0.05, 0.1) is 0 Å². The molecule has 0 amide bonds. The Bertz CT molecular complexity index is 353. The summed E-state index contributed by atoms with van der Waals surface area (Å²) in [7, 11) is 1.91. The molecule has 2 rings (SSSR count). The first-order valence-corrected chi connectivity index (χ1v) is 4.97. The van der Waals surface area contributed by atoms with E-state index in [-0.39, 0.29) is 0 Å². The van der Waals surface area contributed by atoms with Crippen molar-refractivity contribution < 1.29 is 0 Å². The second-order valence-electron chi connectivity index (χ2n) is 2.12. The maximum absolute atomic E-state index is 4.13. The molecule has 0 saturated heterocycles. The zero-order valence-corrected chi connectivity index (χ0v) is 7.97. The number of hydrogen-bond donors (Lipinski definition) is 0. The van der Waals surface area contributed by atoms with Crippen LogP contribution in [0, 0.1) is 0 Å². The van der Waals surface area contributed by atoms with Crippen LogP contribution in [-0.4, -0.2) is 19.7 Å². The Morgan fingerprint density at radius 3 is 3.08 bits per heavy atom. The van der Waals surface area contributed by atoms with E-state index in [1.807, 2.05) is 17.0 Å². The normalized spacial score (nSPS) is 10.4. The Kier molecular flexibility index (Phi) is 2.09. The van der Waals surface area contributed by atoms with Crippen LogP contribution in [0.3, 0.4) is 0 Å². The van der Waals surface area contributed by atoms with Gasteiger partial charge in [0.1, 0.15) is 6.33 Å². The van der Waals surface area contributed by atoms with Gasteiger partial charge in [0.2, 0.25) is 0 Å². The van der Waals surface area contributed by atoms with Crippen LogP contribution in [0.1, 0.15) is 0 Å². The van der Waals surface area contributed by atoms with Gasteiger partial charge < -0.3 is 4.57 Å². The average molecular weight is 198 g/mol. The first-order valence-electron chi connectivity index (χ1n) is 3.27. The third kappa shape index (κ3) is 1.49. The summed E-state index contributed by atoms with van der Waals surface area (Å²) in [6.45, 7) is 0. The molecule has 0 aliphatic rings. The second-order valence-corrected chi connectivity index (χ2v) is 4.23. The lowest BCUT2D eigenvalue weighted by Gasteiger charge is -1.93. The standard InChI is InChI=1S/C6H6N4S2/c1-10-4-8-9-5(10)12-6-7-2-3-11-6/h2-4H,1H3. The Morgan fingerprint density at radius 1 is 1.58 bits per heavy atom. The van der Waals surface area contributed by atoms with Crippen molar-refractivity contribution in [1.82, 2.24) is 19.7 Å². The average Bonchev–Trinajstić information content (AvgIpc) is 2.65. The minimum atomic E-state index is 0.866. The largest absolute Gasteiger partial charge is 0.311 e. The lowest BCUT2D eigenvalue weighted by molar-refractivity contribution is 0.788. The summed E-state index contributed by atoms with van der Waals surface area (Å²) in [6.07, 6.45) is 3.46. The number of aromatic nitrogens is 4. The van der Waals surface area contributed by atoms with Gasteiger partial charge in [-0.3, -0.25) is 0 Å². The SMILES string of the molecule is Cn1cnnc1Sc1nccs1. The van der Waals surface area contributed by atoms with E-state index in [2.05, 4.69) is 15.2 Å². The van der Waals surface area contributed by atoms with E-state index in [1.54, 1.807) is 23.9 Å². The van der Waals surface area contributed by atoms with Crippen molar-refractivity contribution >= 4 is 23.1 Å². The van der Waals surface area contributed by atoms with Crippen LogP contribution >= 0.6 is 23.1 Å². The van der Waals surface area contributed by atoms with E-state index in [4.69, 9.17) is 0 Å². The van der Waals surface area contributed by atoms with E-state index in [0.29, 0.717) is 0 Å². The molecule has 0 bridgehead atoms. The first-order chi connectivity index (χ1) is 5.86. The molecular formula is C6H6N4S2. The zero-order valence-electron chi connectivity index (χ0n) is 6.34. The van der Waals surface area contributed by atoms with Crippen LogP contribution in [0.25, 0.3) is 0 Å². The summed E-state index contributed by atoms with van der Waals surface area (Å²) in [6, 6.07) is 0. The lowest BCUT2D eigenvalue weighted by atomic mass is 11.0. The van der Waals surface area contributed by atoms with E-state index < -0.39 is 0 Å². The molecule has 0 atom stereocenters. The molecule has 62 valence electrons. The summed E-state index contributed by atoms with van der Waals surface area (Å²) in [5, 5.41) is 10.5. The van der Waals surface area contributed by atoms with Crippen LogP contribution in [0.4, 0.5) is 0 Å².